The van der Waals surface area contributed by atoms with E-state index in [1.807, 2.05) is 31.2 Å². The quantitative estimate of drug-likeness (QED) is 0.497. The number of benzene rings is 1. The number of nitrogens with zero attached hydrogens (tertiary/aromatic N) is 1. The minimum absolute atomic E-state index is 0.463. The molecular formula is C9H12IN3. The predicted molar refractivity (Wildman–Crippen MR) is 64.9 cm³/mol. The van der Waals surface area contributed by atoms with Gasteiger partial charge in [-0.2, -0.15) is 0 Å². The summed E-state index contributed by atoms with van der Waals surface area (Å²) in [6.45, 7) is 2.64. The molecule has 3 nitrogen and oxygen atoms in total. The lowest BCUT2D eigenvalue weighted by atomic mass is 10.3. The SMILES string of the molecule is CCN=C(N)Nc1cccc(I)c1. The highest BCUT2D eigenvalue weighted by molar-refractivity contribution is 14.1. The zero-order valence-electron chi connectivity index (χ0n) is 7.42. The van der Waals surface area contributed by atoms with Crippen molar-refractivity contribution in [2.24, 2.45) is 10.7 Å². The Balaban J connectivity index is 2.69. The summed E-state index contributed by atoms with van der Waals surface area (Å²) < 4.78 is 1.17. The molecule has 0 aliphatic carbocycles. The van der Waals surface area contributed by atoms with Crippen molar-refractivity contribution in [3.05, 3.63) is 27.8 Å². The first-order valence-corrected chi connectivity index (χ1v) is 5.12. The molecule has 3 N–H and O–H groups in total. The molecule has 0 heterocycles. The molecule has 0 unspecified atom stereocenters. The predicted octanol–water partition coefficient (Wildman–Crippen LogP) is 2.04. The van der Waals surface area contributed by atoms with Crippen LogP contribution in [-0.2, 0) is 0 Å². The normalized spacial score (nSPS) is 11.4. The maximum atomic E-state index is 5.60. The second kappa shape index (κ2) is 5.06. The van der Waals surface area contributed by atoms with Crippen LogP contribution in [0.25, 0.3) is 0 Å². The van der Waals surface area contributed by atoms with E-state index >= 15 is 0 Å². The van der Waals surface area contributed by atoms with Crippen LogP contribution in [0.2, 0.25) is 0 Å². The smallest absolute Gasteiger partial charge is 0.193 e. The first-order valence-electron chi connectivity index (χ1n) is 4.05. The fourth-order valence-corrected chi connectivity index (χ4v) is 1.47. The summed E-state index contributed by atoms with van der Waals surface area (Å²) in [5.41, 5.74) is 6.58. The van der Waals surface area contributed by atoms with E-state index in [4.69, 9.17) is 5.73 Å². The Morgan fingerprint density at radius 3 is 3.00 bits per heavy atom. The van der Waals surface area contributed by atoms with Crippen molar-refractivity contribution in [1.82, 2.24) is 0 Å². The summed E-state index contributed by atoms with van der Waals surface area (Å²) in [7, 11) is 0. The summed E-state index contributed by atoms with van der Waals surface area (Å²) in [5.74, 6) is 0.463. The van der Waals surface area contributed by atoms with Gasteiger partial charge in [-0.05, 0) is 47.7 Å². The summed E-state index contributed by atoms with van der Waals surface area (Å²) in [4.78, 5) is 4.03. The van der Waals surface area contributed by atoms with Crippen LogP contribution >= 0.6 is 22.6 Å². The van der Waals surface area contributed by atoms with Crippen LogP contribution in [0.5, 0.6) is 0 Å². The number of rotatable bonds is 2. The van der Waals surface area contributed by atoms with Gasteiger partial charge in [0.05, 0.1) is 0 Å². The highest BCUT2D eigenvalue weighted by Crippen LogP contribution is 2.11. The zero-order chi connectivity index (χ0) is 9.68. The molecule has 1 aromatic rings. The van der Waals surface area contributed by atoms with Gasteiger partial charge in [0.15, 0.2) is 5.96 Å². The van der Waals surface area contributed by atoms with Crippen molar-refractivity contribution < 1.29 is 0 Å². The minimum Gasteiger partial charge on any atom is -0.370 e. The fraction of sp³-hybridized carbons (Fsp3) is 0.222. The number of halogens is 1. The number of hydrogen-bond donors (Lipinski definition) is 2. The van der Waals surface area contributed by atoms with Crippen LogP contribution in [0.1, 0.15) is 6.92 Å². The third-order valence-corrected chi connectivity index (χ3v) is 2.10. The Hall–Kier alpha value is -0.780. The maximum absolute atomic E-state index is 5.60. The van der Waals surface area contributed by atoms with Crippen molar-refractivity contribution in [3.8, 4) is 0 Å². The summed E-state index contributed by atoms with van der Waals surface area (Å²) >= 11 is 2.25. The number of hydrogen-bond acceptors (Lipinski definition) is 1. The van der Waals surface area contributed by atoms with Gasteiger partial charge >= 0.3 is 0 Å². The molecule has 0 aromatic heterocycles. The van der Waals surface area contributed by atoms with Crippen LogP contribution in [0.15, 0.2) is 29.3 Å². The molecule has 0 radical (unpaired) electrons. The molecule has 13 heavy (non-hydrogen) atoms. The minimum atomic E-state index is 0.463. The number of nitrogens with two attached hydrogens (primary N) is 1. The molecule has 0 bridgehead atoms. The average Bonchev–Trinajstić information content (AvgIpc) is 2.04. The van der Waals surface area contributed by atoms with Crippen molar-refractivity contribution in [2.45, 2.75) is 6.92 Å². The van der Waals surface area contributed by atoms with Crippen LogP contribution in [0, 0.1) is 3.57 Å². The molecule has 0 fully saturated rings. The molecule has 4 heteroatoms. The highest BCUT2D eigenvalue weighted by atomic mass is 127. The van der Waals surface area contributed by atoms with Gasteiger partial charge in [0.1, 0.15) is 0 Å². The number of nitrogens with one attached hydrogen (secondary N) is 1. The molecule has 1 rings (SSSR count). The van der Waals surface area contributed by atoms with Crippen LogP contribution in [-0.4, -0.2) is 12.5 Å². The van der Waals surface area contributed by atoms with Gasteiger partial charge in [0.2, 0.25) is 0 Å². The van der Waals surface area contributed by atoms with Crippen LogP contribution in [0.4, 0.5) is 5.69 Å². The van der Waals surface area contributed by atoms with E-state index in [9.17, 15) is 0 Å². The van der Waals surface area contributed by atoms with Crippen LogP contribution in [0.3, 0.4) is 0 Å². The van der Waals surface area contributed by atoms with E-state index in [0.29, 0.717) is 12.5 Å². The zero-order valence-corrected chi connectivity index (χ0v) is 9.58. The monoisotopic (exact) mass is 289 g/mol. The lowest BCUT2D eigenvalue weighted by Crippen LogP contribution is -2.22. The molecule has 0 spiro atoms. The Morgan fingerprint density at radius 2 is 2.38 bits per heavy atom. The standard InChI is InChI=1S/C9H12IN3/c1-2-12-9(11)13-8-5-3-4-7(10)6-8/h3-6H,2H2,1H3,(H3,11,12,13). The Labute approximate surface area is 91.6 Å². The Bertz CT molecular complexity index is 309. The fourth-order valence-electron chi connectivity index (χ4n) is 0.924. The molecule has 1 aromatic carbocycles. The first kappa shape index (κ1) is 10.3. The van der Waals surface area contributed by atoms with Gasteiger partial charge in [0.25, 0.3) is 0 Å². The van der Waals surface area contributed by atoms with Crippen molar-refractivity contribution in [2.75, 3.05) is 11.9 Å². The molecule has 0 atom stereocenters. The van der Waals surface area contributed by atoms with E-state index in [1.54, 1.807) is 0 Å². The molecule has 0 aliphatic rings. The van der Waals surface area contributed by atoms with E-state index in [1.165, 1.54) is 3.57 Å². The Morgan fingerprint density at radius 1 is 1.62 bits per heavy atom. The molecular weight excluding hydrogens is 277 g/mol. The number of anilines is 1. The van der Waals surface area contributed by atoms with E-state index in [0.717, 1.165) is 5.69 Å². The van der Waals surface area contributed by atoms with Crippen LogP contribution < -0.4 is 11.1 Å². The maximum Gasteiger partial charge on any atom is 0.193 e. The highest BCUT2D eigenvalue weighted by Gasteiger charge is 1.93. The van der Waals surface area contributed by atoms with Crippen molar-refractivity contribution in [1.29, 1.82) is 0 Å². The van der Waals surface area contributed by atoms with E-state index in [-0.39, 0.29) is 0 Å². The third-order valence-electron chi connectivity index (χ3n) is 1.43. The van der Waals surface area contributed by atoms with Gasteiger partial charge < -0.3 is 11.1 Å². The second-order valence-electron chi connectivity index (χ2n) is 2.49. The summed E-state index contributed by atoms with van der Waals surface area (Å²) in [5, 5.41) is 3.01. The number of guanidine groups is 1. The molecule has 70 valence electrons. The molecule has 0 saturated carbocycles. The second-order valence-corrected chi connectivity index (χ2v) is 3.74. The van der Waals surface area contributed by atoms with Gasteiger partial charge in [-0.15, -0.1) is 0 Å². The van der Waals surface area contributed by atoms with Gasteiger partial charge in [-0.3, -0.25) is 4.99 Å². The summed E-state index contributed by atoms with van der Waals surface area (Å²) in [6, 6.07) is 7.97. The topological polar surface area (TPSA) is 50.4 Å². The third kappa shape index (κ3) is 3.63. The average molecular weight is 289 g/mol. The van der Waals surface area contributed by atoms with Gasteiger partial charge in [-0.25, -0.2) is 0 Å². The number of aliphatic imine (C=N–C) groups is 1. The van der Waals surface area contributed by atoms with Gasteiger partial charge in [-0.1, -0.05) is 6.07 Å². The van der Waals surface area contributed by atoms with Gasteiger partial charge in [0, 0.05) is 15.8 Å². The largest absolute Gasteiger partial charge is 0.370 e. The lowest BCUT2D eigenvalue weighted by molar-refractivity contribution is 1.12. The Kier molecular flexibility index (Phi) is 4.01. The van der Waals surface area contributed by atoms with Crippen molar-refractivity contribution >= 4 is 34.2 Å². The van der Waals surface area contributed by atoms with Crippen molar-refractivity contribution in [3.63, 3.8) is 0 Å². The lowest BCUT2D eigenvalue weighted by Gasteiger charge is -2.04. The molecule has 0 saturated heterocycles. The first-order chi connectivity index (χ1) is 6.22. The van der Waals surface area contributed by atoms with E-state index < -0.39 is 0 Å². The molecule has 0 amide bonds. The molecule has 0 aliphatic heterocycles. The summed E-state index contributed by atoms with van der Waals surface area (Å²) in [6.07, 6.45) is 0. The van der Waals surface area contributed by atoms with E-state index in [2.05, 4.69) is 32.9 Å².